The lowest BCUT2D eigenvalue weighted by Gasteiger charge is -2.31. The second-order valence-electron chi connectivity index (χ2n) is 7.88. The van der Waals surface area contributed by atoms with E-state index in [-0.39, 0.29) is 18.1 Å². The highest BCUT2D eigenvalue weighted by atomic mass is 16.5. The number of amides is 2. The van der Waals surface area contributed by atoms with Gasteiger partial charge in [-0.2, -0.15) is 0 Å². The number of nitrogens with zero attached hydrogens (tertiary/aromatic N) is 1. The molecule has 2 aromatic carbocycles. The van der Waals surface area contributed by atoms with Crippen molar-refractivity contribution < 1.29 is 24.2 Å². The number of carbonyl (C=O) groups excluding carboxylic acids is 3. The SMILES string of the molecule is CC[C@]1(C(=O)OC)N[C@@H](c2ccc(O)cc2)[C@H]2C(=O)N(c3ccc(C)cc3)C(=O)[C@@H]21. The molecule has 4 atom stereocenters. The van der Waals surface area contributed by atoms with Crippen molar-refractivity contribution in [2.75, 3.05) is 12.0 Å². The van der Waals surface area contributed by atoms with Gasteiger partial charge in [0.1, 0.15) is 11.3 Å². The third kappa shape index (κ3) is 2.81. The molecule has 2 fully saturated rings. The monoisotopic (exact) mass is 408 g/mol. The first-order valence-corrected chi connectivity index (χ1v) is 9.93. The standard InChI is InChI=1S/C23H24N2O5/c1-4-23(22(29)30-3)18-17(19(24-23)14-7-11-16(26)12-8-14)20(27)25(21(18)28)15-9-5-13(2)6-10-15/h5-12,17-19,24,26H,4H2,1-3H3/t17-,18+,19-,23-/m0/s1. The van der Waals surface area contributed by atoms with Crippen molar-refractivity contribution in [3.63, 3.8) is 0 Å². The zero-order chi connectivity index (χ0) is 21.6. The van der Waals surface area contributed by atoms with Gasteiger partial charge in [0.2, 0.25) is 11.8 Å². The summed E-state index contributed by atoms with van der Waals surface area (Å²) in [4.78, 5) is 41.1. The van der Waals surface area contributed by atoms with Gasteiger partial charge in [-0.05, 0) is 43.2 Å². The number of hydrogen-bond donors (Lipinski definition) is 2. The lowest BCUT2D eigenvalue weighted by atomic mass is 9.78. The van der Waals surface area contributed by atoms with Gasteiger partial charge in [-0.1, -0.05) is 36.8 Å². The van der Waals surface area contributed by atoms with E-state index in [1.54, 1.807) is 31.2 Å². The van der Waals surface area contributed by atoms with Crippen molar-refractivity contribution >= 4 is 23.5 Å². The molecule has 30 heavy (non-hydrogen) atoms. The van der Waals surface area contributed by atoms with E-state index in [1.165, 1.54) is 24.1 Å². The van der Waals surface area contributed by atoms with Gasteiger partial charge >= 0.3 is 5.97 Å². The highest BCUT2D eigenvalue weighted by Gasteiger charge is 2.68. The van der Waals surface area contributed by atoms with Crippen molar-refractivity contribution in [1.29, 1.82) is 0 Å². The Morgan fingerprint density at radius 1 is 1.10 bits per heavy atom. The minimum absolute atomic E-state index is 0.0955. The Kier molecular flexibility index (Phi) is 4.86. The summed E-state index contributed by atoms with van der Waals surface area (Å²) in [5.41, 5.74) is 0.908. The minimum Gasteiger partial charge on any atom is -0.508 e. The summed E-state index contributed by atoms with van der Waals surface area (Å²) in [7, 11) is 1.28. The van der Waals surface area contributed by atoms with Gasteiger partial charge in [-0.25, -0.2) is 4.90 Å². The number of nitrogens with one attached hydrogen (secondary N) is 1. The van der Waals surface area contributed by atoms with E-state index in [2.05, 4.69) is 5.32 Å². The van der Waals surface area contributed by atoms with Crippen LogP contribution in [0.2, 0.25) is 0 Å². The summed E-state index contributed by atoms with van der Waals surface area (Å²) in [6.07, 6.45) is 0.288. The summed E-state index contributed by atoms with van der Waals surface area (Å²) >= 11 is 0. The third-order valence-electron chi connectivity index (χ3n) is 6.31. The number of aromatic hydroxyl groups is 1. The zero-order valence-corrected chi connectivity index (χ0v) is 17.1. The van der Waals surface area contributed by atoms with Crippen LogP contribution in [0.15, 0.2) is 48.5 Å². The van der Waals surface area contributed by atoms with Crippen LogP contribution in [0.1, 0.15) is 30.5 Å². The van der Waals surface area contributed by atoms with Crippen LogP contribution in [0, 0.1) is 18.8 Å². The molecule has 2 aromatic rings. The Morgan fingerprint density at radius 2 is 1.73 bits per heavy atom. The Hall–Kier alpha value is -3.19. The van der Waals surface area contributed by atoms with Crippen LogP contribution >= 0.6 is 0 Å². The van der Waals surface area contributed by atoms with Gasteiger partial charge < -0.3 is 9.84 Å². The highest BCUT2D eigenvalue weighted by Crippen LogP contribution is 2.51. The fraction of sp³-hybridized carbons (Fsp3) is 0.348. The molecule has 7 nitrogen and oxygen atoms in total. The topological polar surface area (TPSA) is 95.9 Å². The molecule has 0 aromatic heterocycles. The normalized spacial score (nSPS) is 28.0. The van der Waals surface area contributed by atoms with Gasteiger partial charge in [0.25, 0.3) is 0 Å². The molecular weight excluding hydrogens is 384 g/mol. The predicted molar refractivity (Wildman–Crippen MR) is 110 cm³/mol. The minimum atomic E-state index is -1.31. The number of rotatable bonds is 4. The number of fused-ring (bicyclic) bond motifs is 1. The molecule has 2 aliphatic heterocycles. The van der Waals surface area contributed by atoms with E-state index in [0.717, 1.165) is 5.56 Å². The molecule has 4 rings (SSSR count). The number of aryl methyl sites for hydroxylation is 1. The molecule has 2 aliphatic rings. The molecule has 0 saturated carbocycles. The molecule has 2 saturated heterocycles. The molecule has 0 unspecified atom stereocenters. The number of esters is 1. The number of ether oxygens (including phenoxy) is 1. The molecule has 2 heterocycles. The maximum atomic E-state index is 13.5. The number of carbonyl (C=O) groups is 3. The van der Waals surface area contributed by atoms with E-state index >= 15 is 0 Å². The number of phenolic OH excluding ortho intramolecular Hbond substituents is 1. The highest BCUT2D eigenvalue weighted by molar-refractivity contribution is 6.24. The predicted octanol–water partition coefficient (Wildman–Crippen LogP) is 2.47. The Bertz CT molecular complexity index is 1000. The summed E-state index contributed by atoms with van der Waals surface area (Å²) in [6, 6.07) is 13.0. The van der Waals surface area contributed by atoms with Crippen LogP contribution in [-0.2, 0) is 19.1 Å². The molecule has 0 bridgehead atoms. The van der Waals surface area contributed by atoms with Crippen molar-refractivity contribution in [3.05, 3.63) is 59.7 Å². The van der Waals surface area contributed by atoms with Gasteiger partial charge in [-0.15, -0.1) is 0 Å². The molecule has 0 radical (unpaired) electrons. The smallest absolute Gasteiger partial charge is 0.326 e. The Morgan fingerprint density at radius 3 is 2.30 bits per heavy atom. The first-order chi connectivity index (χ1) is 14.3. The summed E-state index contributed by atoms with van der Waals surface area (Å²) < 4.78 is 5.06. The maximum Gasteiger partial charge on any atom is 0.326 e. The van der Waals surface area contributed by atoms with Crippen LogP contribution in [0.25, 0.3) is 0 Å². The van der Waals surface area contributed by atoms with Crippen molar-refractivity contribution in [2.45, 2.75) is 31.8 Å². The second kappa shape index (κ2) is 7.25. The van der Waals surface area contributed by atoms with Crippen LogP contribution in [0.3, 0.4) is 0 Å². The average Bonchev–Trinajstić information content (AvgIpc) is 3.23. The van der Waals surface area contributed by atoms with Gasteiger partial charge in [0.05, 0.1) is 24.6 Å². The fourth-order valence-corrected chi connectivity index (χ4v) is 4.76. The van der Waals surface area contributed by atoms with Crippen LogP contribution in [-0.4, -0.2) is 35.5 Å². The summed E-state index contributed by atoms with van der Waals surface area (Å²) in [5, 5.41) is 12.9. The second-order valence-corrected chi connectivity index (χ2v) is 7.88. The van der Waals surface area contributed by atoms with Crippen LogP contribution < -0.4 is 10.2 Å². The van der Waals surface area contributed by atoms with Crippen LogP contribution in [0.5, 0.6) is 5.75 Å². The van der Waals surface area contributed by atoms with Gasteiger partial charge in [-0.3, -0.25) is 19.7 Å². The molecule has 2 amide bonds. The van der Waals surface area contributed by atoms with Gasteiger partial charge in [0.15, 0.2) is 0 Å². The van der Waals surface area contributed by atoms with E-state index in [0.29, 0.717) is 11.3 Å². The molecular formula is C23H24N2O5. The molecule has 156 valence electrons. The molecule has 0 spiro atoms. The molecule has 7 heteroatoms. The van der Waals surface area contributed by atoms with Crippen molar-refractivity contribution in [1.82, 2.24) is 5.32 Å². The molecule has 0 aliphatic carbocycles. The quantitative estimate of drug-likeness (QED) is 0.596. The third-order valence-corrected chi connectivity index (χ3v) is 6.31. The van der Waals surface area contributed by atoms with E-state index in [4.69, 9.17) is 4.74 Å². The fourth-order valence-electron chi connectivity index (χ4n) is 4.76. The van der Waals surface area contributed by atoms with Crippen molar-refractivity contribution in [2.24, 2.45) is 11.8 Å². The van der Waals surface area contributed by atoms with E-state index in [9.17, 15) is 19.5 Å². The van der Waals surface area contributed by atoms with Crippen molar-refractivity contribution in [3.8, 4) is 5.75 Å². The zero-order valence-electron chi connectivity index (χ0n) is 17.1. The van der Waals surface area contributed by atoms with E-state index < -0.39 is 35.3 Å². The van der Waals surface area contributed by atoms with Crippen LogP contribution in [0.4, 0.5) is 5.69 Å². The number of benzene rings is 2. The average molecular weight is 408 g/mol. The number of methoxy groups -OCH3 is 1. The first kappa shape index (κ1) is 20.1. The summed E-state index contributed by atoms with van der Waals surface area (Å²) in [6.45, 7) is 3.72. The summed E-state index contributed by atoms with van der Waals surface area (Å²) in [5.74, 6) is -2.87. The number of hydrogen-bond acceptors (Lipinski definition) is 6. The lowest BCUT2D eigenvalue weighted by molar-refractivity contribution is -0.152. The molecule has 2 N–H and O–H groups in total. The van der Waals surface area contributed by atoms with Gasteiger partial charge in [0, 0.05) is 6.04 Å². The lowest BCUT2D eigenvalue weighted by Crippen LogP contribution is -2.55. The maximum absolute atomic E-state index is 13.5. The largest absolute Gasteiger partial charge is 0.508 e. The Balaban J connectivity index is 1.84. The number of imide groups is 1. The first-order valence-electron chi connectivity index (χ1n) is 9.93. The van der Waals surface area contributed by atoms with E-state index in [1.807, 2.05) is 19.1 Å². The number of anilines is 1. The number of phenols is 1. The Labute approximate surface area is 174 Å².